The molecule has 0 aliphatic rings. The van der Waals surface area contributed by atoms with Crippen LogP contribution in [0.1, 0.15) is 11.4 Å². The molecule has 1 heterocycles. The van der Waals surface area contributed by atoms with Crippen LogP contribution in [-0.4, -0.2) is 4.98 Å². The number of nitrogens with zero attached hydrogens (tertiary/aromatic N) is 1. The maximum absolute atomic E-state index is 6.81. The highest BCUT2D eigenvalue weighted by atomic mass is 79.9. The van der Waals surface area contributed by atoms with E-state index in [0.717, 1.165) is 15.9 Å². The third kappa shape index (κ3) is 0.952. The Morgan fingerprint density at radius 1 is 1.40 bits per heavy atom. The number of halogens is 1. The summed E-state index contributed by atoms with van der Waals surface area (Å²) in [4.78, 5) is 6.43. The molecule has 0 fully saturated rings. The van der Waals surface area contributed by atoms with Crippen molar-refractivity contribution in [2.75, 3.05) is 0 Å². The molecule has 1 aromatic heterocycles. The van der Waals surface area contributed by atoms with Crippen molar-refractivity contribution in [2.24, 2.45) is 0 Å². The van der Waals surface area contributed by atoms with Crippen LogP contribution in [-0.2, 0) is 0 Å². The number of rotatable bonds is 0. The highest BCUT2D eigenvalue weighted by molar-refractivity contribution is 9.10. The van der Waals surface area contributed by atoms with E-state index in [9.17, 15) is 0 Å². The lowest BCUT2D eigenvalue weighted by molar-refractivity contribution is 1.19. The van der Waals surface area contributed by atoms with Gasteiger partial charge in [-0.2, -0.15) is 0 Å². The largest absolute Gasteiger partial charge is 0.372 e. The van der Waals surface area contributed by atoms with E-state index >= 15 is 0 Å². The van der Waals surface area contributed by atoms with E-state index in [4.69, 9.17) is 6.57 Å². The topological polar surface area (TPSA) is 20.1 Å². The van der Waals surface area contributed by atoms with Crippen LogP contribution in [0.3, 0.4) is 0 Å². The van der Waals surface area contributed by atoms with Crippen LogP contribution in [0.15, 0.2) is 4.47 Å². The average molecular weight is 199 g/mol. The van der Waals surface area contributed by atoms with Gasteiger partial charge in [-0.25, -0.2) is 4.85 Å². The van der Waals surface area contributed by atoms with Gasteiger partial charge in [-0.3, -0.25) is 0 Å². The number of nitrogens with one attached hydrogen (secondary N) is 1. The maximum atomic E-state index is 6.81. The zero-order chi connectivity index (χ0) is 7.72. The summed E-state index contributed by atoms with van der Waals surface area (Å²) in [6.45, 7) is 10.6. The van der Waals surface area contributed by atoms with Crippen LogP contribution < -0.4 is 0 Å². The molecule has 1 rings (SSSR count). The van der Waals surface area contributed by atoms with Crippen molar-refractivity contribution in [3.05, 3.63) is 27.3 Å². The first-order valence-corrected chi connectivity index (χ1v) is 3.68. The number of aromatic amines is 1. The van der Waals surface area contributed by atoms with Crippen LogP contribution in [0.25, 0.3) is 4.85 Å². The summed E-state index contributed by atoms with van der Waals surface area (Å²) in [5.41, 5.74) is 2.64. The molecule has 0 atom stereocenters. The molecule has 0 amide bonds. The Hall–Kier alpha value is -0.750. The first-order chi connectivity index (χ1) is 4.66. The monoisotopic (exact) mass is 198 g/mol. The fourth-order valence-corrected chi connectivity index (χ4v) is 1.36. The molecule has 0 radical (unpaired) electrons. The van der Waals surface area contributed by atoms with Crippen molar-refractivity contribution in [1.29, 1.82) is 0 Å². The Labute approximate surface area is 68.2 Å². The van der Waals surface area contributed by atoms with Gasteiger partial charge in [-0.05, 0) is 13.8 Å². The van der Waals surface area contributed by atoms with Crippen LogP contribution >= 0.6 is 15.9 Å². The second-order valence-electron chi connectivity index (χ2n) is 2.15. The van der Waals surface area contributed by atoms with Gasteiger partial charge in [0.25, 0.3) is 0 Å². The Kier molecular flexibility index (Phi) is 1.82. The molecule has 3 heteroatoms. The molecule has 2 nitrogen and oxygen atoms in total. The Morgan fingerprint density at radius 3 is 2.20 bits per heavy atom. The van der Waals surface area contributed by atoms with E-state index in [1.165, 1.54) is 0 Å². The lowest BCUT2D eigenvalue weighted by atomic mass is 10.4. The van der Waals surface area contributed by atoms with Gasteiger partial charge in [0.15, 0.2) is 0 Å². The van der Waals surface area contributed by atoms with E-state index in [1.54, 1.807) is 0 Å². The van der Waals surface area contributed by atoms with E-state index in [0.29, 0.717) is 5.69 Å². The van der Waals surface area contributed by atoms with Gasteiger partial charge < -0.3 is 4.98 Å². The summed E-state index contributed by atoms with van der Waals surface area (Å²) in [6, 6.07) is 0. The van der Waals surface area contributed by atoms with Crippen molar-refractivity contribution < 1.29 is 0 Å². The lowest BCUT2D eigenvalue weighted by Crippen LogP contribution is -1.69. The normalized spacial score (nSPS) is 9.40. The summed E-state index contributed by atoms with van der Waals surface area (Å²) in [7, 11) is 0. The molecular weight excluding hydrogens is 192 g/mol. The number of aryl methyl sites for hydroxylation is 2. The minimum Gasteiger partial charge on any atom is -0.372 e. The van der Waals surface area contributed by atoms with Gasteiger partial charge in [-0.15, -0.1) is 0 Å². The van der Waals surface area contributed by atoms with Gasteiger partial charge in [0.2, 0.25) is 5.69 Å². The molecule has 0 saturated heterocycles. The van der Waals surface area contributed by atoms with E-state index in [1.807, 2.05) is 13.8 Å². The average Bonchev–Trinajstić information content (AvgIpc) is 2.09. The zero-order valence-electron chi connectivity index (χ0n) is 5.83. The summed E-state index contributed by atoms with van der Waals surface area (Å²) in [5.74, 6) is 0. The Bertz CT molecular complexity index is 293. The first-order valence-electron chi connectivity index (χ1n) is 2.89. The highest BCUT2D eigenvalue weighted by Gasteiger charge is 2.07. The predicted molar refractivity (Wildman–Crippen MR) is 44.2 cm³/mol. The summed E-state index contributed by atoms with van der Waals surface area (Å²) in [5, 5.41) is 0. The molecule has 0 saturated carbocycles. The summed E-state index contributed by atoms with van der Waals surface area (Å²) in [6.07, 6.45) is 0. The minimum absolute atomic E-state index is 0.692. The SMILES string of the molecule is [C-]#[N+]c1c(C)[nH]c(C)c1Br. The van der Waals surface area contributed by atoms with Gasteiger partial charge in [0.05, 0.1) is 6.57 Å². The zero-order valence-corrected chi connectivity index (χ0v) is 7.41. The molecule has 0 unspecified atom stereocenters. The lowest BCUT2D eigenvalue weighted by Gasteiger charge is -1.83. The van der Waals surface area contributed by atoms with Gasteiger partial charge in [0, 0.05) is 15.9 Å². The molecule has 0 aliphatic heterocycles. The van der Waals surface area contributed by atoms with Crippen molar-refractivity contribution in [1.82, 2.24) is 4.98 Å². The fourth-order valence-electron chi connectivity index (χ4n) is 0.870. The van der Waals surface area contributed by atoms with Crippen molar-refractivity contribution >= 4 is 21.6 Å². The fraction of sp³-hybridized carbons (Fsp3) is 0.286. The van der Waals surface area contributed by atoms with Gasteiger partial charge >= 0.3 is 0 Å². The Morgan fingerprint density at radius 2 is 2.00 bits per heavy atom. The summed E-state index contributed by atoms with van der Waals surface area (Å²) >= 11 is 3.32. The smallest absolute Gasteiger partial charge is 0.221 e. The number of H-pyrrole nitrogens is 1. The number of aromatic nitrogens is 1. The summed E-state index contributed by atoms with van der Waals surface area (Å²) < 4.78 is 0.889. The minimum atomic E-state index is 0.692. The molecule has 0 aromatic carbocycles. The van der Waals surface area contributed by atoms with Crippen LogP contribution in [0.2, 0.25) is 0 Å². The third-order valence-electron chi connectivity index (χ3n) is 1.38. The van der Waals surface area contributed by atoms with Gasteiger partial charge in [-0.1, -0.05) is 15.9 Å². The molecule has 0 aliphatic carbocycles. The third-order valence-corrected chi connectivity index (χ3v) is 2.35. The molecule has 0 spiro atoms. The van der Waals surface area contributed by atoms with E-state index in [-0.39, 0.29) is 0 Å². The molecule has 0 bridgehead atoms. The van der Waals surface area contributed by atoms with Crippen molar-refractivity contribution in [3.8, 4) is 0 Å². The molecular formula is C7H7BrN2. The Balaban J connectivity index is 3.37. The van der Waals surface area contributed by atoms with E-state index in [2.05, 4.69) is 25.8 Å². The molecule has 52 valence electrons. The van der Waals surface area contributed by atoms with E-state index < -0.39 is 0 Å². The maximum Gasteiger partial charge on any atom is 0.221 e. The van der Waals surface area contributed by atoms with Crippen molar-refractivity contribution in [3.63, 3.8) is 0 Å². The van der Waals surface area contributed by atoms with Crippen LogP contribution in [0.5, 0.6) is 0 Å². The standard InChI is InChI=1S/C7H7BrN2/c1-4-6(8)7(9-3)5(2)10-4/h10H,1-2H3. The van der Waals surface area contributed by atoms with Crippen LogP contribution in [0.4, 0.5) is 5.69 Å². The van der Waals surface area contributed by atoms with Gasteiger partial charge in [0.1, 0.15) is 0 Å². The second kappa shape index (κ2) is 2.47. The van der Waals surface area contributed by atoms with Crippen molar-refractivity contribution in [2.45, 2.75) is 13.8 Å². The molecule has 1 aromatic rings. The second-order valence-corrected chi connectivity index (χ2v) is 2.94. The number of hydrogen-bond donors (Lipinski definition) is 1. The van der Waals surface area contributed by atoms with Crippen LogP contribution in [0, 0.1) is 20.4 Å². The quantitative estimate of drug-likeness (QED) is 0.620. The molecule has 1 N–H and O–H groups in total. The predicted octanol–water partition coefficient (Wildman–Crippen LogP) is 2.94. The molecule has 10 heavy (non-hydrogen) atoms. The highest BCUT2D eigenvalue weighted by Crippen LogP contribution is 2.31. The first kappa shape index (κ1) is 7.36. The number of hydrogen-bond acceptors (Lipinski definition) is 0.